The van der Waals surface area contributed by atoms with E-state index >= 15 is 0 Å². The summed E-state index contributed by atoms with van der Waals surface area (Å²) in [6.07, 6.45) is 1.18. The summed E-state index contributed by atoms with van der Waals surface area (Å²) in [7, 11) is 0. The summed E-state index contributed by atoms with van der Waals surface area (Å²) in [4.78, 5) is 0. The highest BCUT2D eigenvalue weighted by molar-refractivity contribution is 5.40. The maximum absolute atomic E-state index is 6.23. The van der Waals surface area contributed by atoms with Crippen LogP contribution in [0.25, 0.3) is 0 Å². The van der Waals surface area contributed by atoms with Gasteiger partial charge in [0.1, 0.15) is 5.60 Å². The fourth-order valence-corrected chi connectivity index (χ4v) is 2.76. The lowest BCUT2D eigenvalue weighted by Crippen LogP contribution is -2.19. The largest absolute Gasteiger partial charge is 0.366 e. The van der Waals surface area contributed by atoms with Crippen LogP contribution in [-0.2, 0) is 10.3 Å². The highest BCUT2D eigenvalue weighted by Crippen LogP contribution is 2.55. The van der Waals surface area contributed by atoms with Crippen LogP contribution in [0.2, 0.25) is 0 Å². The van der Waals surface area contributed by atoms with Gasteiger partial charge in [0.05, 0.1) is 12.0 Å². The number of hydrogen-bond donors (Lipinski definition) is 0. The summed E-state index contributed by atoms with van der Waals surface area (Å²) in [6.45, 7) is 4.18. The first-order chi connectivity index (χ1) is 10.2. The molecule has 2 unspecified atom stereocenters. The van der Waals surface area contributed by atoms with Crippen LogP contribution >= 0.6 is 0 Å². The third kappa shape index (κ3) is 3.01. The minimum atomic E-state index is -0.211. The minimum absolute atomic E-state index is 0.203. The van der Waals surface area contributed by atoms with Gasteiger partial charge in [-0.15, -0.1) is 0 Å². The van der Waals surface area contributed by atoms with Gasteiger partial charge in [-0.1, -0.05) is 60.4 Å². The highest BCUT2D eigenvalue weighted by atomic mass is 16.5. The van der Waals surface area contributed by atoms with Gasteiger partial charge in [-0.25, -0.2) is 0 Å². The Hall–Kier alpha value is -2.04. The zero-order valence-corrected chi connectivity index (χ0v) is 12.5. The predicted octanol–water partition coefficient (Wildman–Crippen LogP) is 4.38. The Labute approximate surface area is 127 Å². The van der Waals surface area contributed by atoms with Gasteiger partial charge >= 0.3 is 0 Å². The average Bonchev–Trinajstić information content (AvgIpc) is 3.20. The molecule has 0 aliphatic heterocycles. The number of benzene rings is 2. The predicted molar refractivity (Wildman–Crippen MR) is 85.8 cm³/mol. The van der Waals surface area contributed by atoms with Crippen molar-refractivity contribution in [2.24, 2.45) is 5.92 Å². The third-order valence-electron chi connectivity index (χ3n) is 3.78. The molecule has 1 nitrogen and oxygen atoms in total. The molecule has 3 rings (SSSR count). The smallest absolute Gasteiger partial charge is 0.109 e. The Balaban J connectivity index is 1.84. The third-order valence-corrected chi connectivity index (χ3v) is 3.78. The van der Waals surface area contributed by atoms with Crippen LogP contribution in [0.4, 0.5) is 0 Å². The lowest BCUT2D eigenvalue weighted by Gasteiger charge is -2.20. The molecule has 106 valence electrons. The van der Waals surface area contributed by atoms with Gasteiger partial charge in [0.25, 0.3) is 0 Å². The molecule has 2 aromatic carbocycles. The standard InChI is InChI=1S/C20H20O/c1-16(2)21-20(18-11-7-4-8-12-18)15-19(20)14-13-17-9-5-3-6-10-17/h3-12,16,19H,15H2,1-2H3. The van der Waals surface area contributed by atoms with Gasteiger partial charge < -0.3 is 4.74 Å². The Morgan fingerprint density at radius 3 is 2.24 bits per heavy atom. The average molecular weight is 276 g/mol. The van der Waals surface area contributed by atoms with Crippen LogP contribution in [0, 0.1) is 17.8 Å². The highest BCUT2D eigenvalue weighted by Gasteiger charge is 2.56. The van der Waals surface area contributed by atoms with Gasteiger partial charge in [-0.2, -0.15) is 0 Å². The molecular weight excluding hydrogens is 256 g/mol. The summed E-state index contributed by atoms with van der Waals surface area (Å²) >= 11 is 0. The maximum atomic E-state index is 6.23. The normalized spacial score (nSPS) is 23.5. The van der Waals surface area contributed by atoms with E-state index in [-0.39, 0.29) is 17.6 Å². The van der Waals surface area contributed by atoms with Crippen molar-refractivity contribution in [3.8, 4) is 11.8 Å². The first-order valence-electron chi connectivity index (χ1n) is 7.51. The molecule has 0 bridgehead atoms. The summed E-state index contributed by atoms with van der Waals surface area (Å²) in [5.74, 6) is 6.95. The molecule has 0 amide bonds. The molecule has 2 aromatic rings. The van der Waals surface area contributed by atoms with E-state index in [1.807, 2.05) is 36.4 Å². The topological polar surface area (TPSA) is 9.23 Å². The lowest BCUT2D eigenvalue weighted by molar-refractivity contribution is -0.0205. The van der Waals surface area contributed by atoms with Crippen LogP contribution in [0.3, 0.4) is 0 Å². The van der Waals surface area contributed by atoms with Crippen molar-refractivity contribution >= 4 is 0 Å². The number of ether oxygens (including phenoxy) is 1. The molecule has 1 aliphatic rings. The van der Waals surface area contributed by atoms with E-state index in [4.69, 9.17) is 4.74 Å². The molecule has 0 radical (unpaired) electrons. The van der Waals surface area contributed by atoms with E-state index < -0.39 is 0 Å². The quantitative estimate of drug-likeness (QED) is 0.756. The van der Waals surface area contributed by atoms with Gasteiger partial charge in [-0.3, -0.25) is 0 Å². The molecule has 0 N–H and O–H groups in total. The van der Waals surface area contributed by atoms with Crippen molar-refractivity contribution in [3.05, 3.63) is 71.8 Å². The molecule has 0 spiro atoms. The summed E-state index contributed by atoms with van der Waals surface area (Å²) in [5.41, 5.74) is 2.10. The fraction of sp³-hybridized carbons (Fsp3) is 0.300. The van der Waals surface area contributed by atoms with Gasteiger partial charge in [0.15, 0.2) is 0 Å². The van der Waals surface area contributed by atoms with Crippen LogP contribution in [0.1, 0.15) is 31.4 Å². The van der Waals surface area contributed by atoms with Crippen molar-refractivity contribution < 1.29 is 4.74 Å². The van der Waals surface area contributed by atoms with Crippen LogP contribution in [0.5, 0.6) is 0 Å². The SMILES string of the molecule is CC(C)OC1(c2ccccc2)CC1C#Cc1ccccc1. The fourth-order valence-electron chi connectivity index (χ4n) is 2.76. The second-order valence-electron chi connectivity index (χ2n) is 5.81. The van der Waals surface area contributed by atoms with Crippen molar-refractivity contribution in [3.63, 3.8) is 0 Å². The number of hydrogen-bond acceptors (Lipinski definition) is 1. The summed E-state index contributed by atoms with van der Waals surface area (Å²) in [5, 5.41) is 0. The Morgan fingerprint density at radius 2 is 1.62 bits per heavy atom. The molecule has 21 heavy (non-hydrogen) atoms. The molecule has 0 heterocycles. The van der Waals surface area contributed by atoms with Crippen molar-refractivity contribution in [2.75, 3.05) is 0 Å². The maximum Gasteiger partial charge on any atom is 0.109 e. The first-order valence-corrected chi connectivity index (χ1v) is 7.51. The van der Waals surface area contributed by atoms with E-state index in [1.54, 1.807) is 0 Å². The van der Waals surface area contributed by atoms with Gasteiger partial charge in [-0.05, 0) is 38.0 Å². The van der Waals surface area contributed by atoms with Crippen LogP contribution in [0.15, 0.2) is 60.7 Å². The van der Waals surface area contributed by atoms with Crippen LogP contribution < -0.4 is 0 Å². The van der Waals surface area contributed by atoms with Gasteiger partial charge in [0, 0.05) is 5.56 Å². The summed E-state index contributed by atoms with van der Waals surface area (Å²) in [6, 6.07) is 20.6. The van der Waals surface area contributed by atoms with E-state index in [1.165, 1.54) is 5.56 Å². The monoisotopic (exact) mass is 276 g/mol. The van der Waals surface area contributed by atoms with E-state index in [9.17, 15) is 0 Å². The Morgan fingerprint density at radius 1 is 1.00 bits per heavy atom. The van der Waals surface area contributed by atoms with Crippen molar-refractivity contribution in [1.29, 1.82) is 0 Å². The van der Waals surface area contributed by atoms with Crippen LogP contribution in [-0.4, -0.2) is 6.10 Å². The molecule has 1 heteroatoms. The molecule has 1 saturated carbocycles. The minimum Gasteiger partial charge on any atom is -0.366 e. The molecule has 0 aromatic heterocycles. The zero-order chi connectivity index (χ0) is 14.7. The van der Waals surface area contributed by atoms with Gasteiger partial charge in [0.2, 0.25) is 0 Å². The number of rotatable bonds is 3. The second kappa shape index (κ2) is 5.76. The molecule has 1 aliphatic carbocycles. The first kappa shape index (κ1) is 13.9. The molecule has 2 atom stereocenters. The zero-order valence-electron chi connectivity index (χ0n) is 12.5. The van der Waals surface area contributed by atoms with E-state index in [0.717, 1.165) is 12.0 Å². The molecule has 0 saturated heterocycles. The second-order valence-corrected chi connectivity index (χ2v) is 5.81. The van der Waals surface area contributed by atoms with Crippen molar-refractivity contribution in [1.82, 2.24) is 0 Å². The lowest BCUT2D eigenvalue weighted by atomic mass is 10.0. The summed E-state index contributed by atoms with van der Waals surface area (Å²) < 4.78 is 6.23. The van der Waals surface area contributed by atoms with E-state index in [2.05, 4.69) is 50.0 Å². The van der Waals surface area contributed by atoms with E-state index in [0.29, 0.717) is 0 Å². The molecular formula is C20H20O. The van der Waals surface area contributed by atoms with Crippen molar-refractivity contribution in [2.45, 2.75) is 32.0 Å². The Bertz CT molecular complexity index is 648. The molecule has 1 fully saturated rings. The Kier molecular flexibility index (Phi) is 3.82.